The second-order valence-corrected chi connectivity index (χ2v) is 5.33. The third-order valence-corrected chi connectivity index (χ3v) is 3.04. The van der Waals surface area contributed by atoms with Crippen LogP contribution in [0.25, 0.3) is 0 Å². The van der Waals surface area contributed by atoms with Crippen LogP contribution in [0.3, 0.4) is 0 Å². The molecule has 4 N–H and O–H groups in total. The van der Waals surface area contributed by atoms with Crippen molar-refractivity contribution in [2.24, 2.45) is 11.7 Å². The number of nitrogens with one attached hydrogen (secondary N) is 2. The van der Waals surface area contributed by atoms with Gasteiger partial charge in [-0.25, -0.2) is 0 Å². The van der Waals surface area contributed by atoms with E-state index in [1.54, 1.807) is 25.2 Å². The summed E-state index contributed by atoms with van der Waals surface area (Å²) >= 11 is 0. The number of rotatable bonds is 5. The average molecular weight is 277 g/mol. The number of anilines is 1. The summed E-state index contributed by atoms with van der Waals surface area (Å²) in [5.74, 6) is 0.0180. The van der Waals surface area contributed by atoms with Gasteiger partial charge in [-0.15, -0.1) is 0 Å². The van der Waals surface area contributed by atoms with Gasteiger partial charge >= 0.3 is 0 Å². The topological polar surface area (TPSA) is 84.2 Å². The fourth-order valence-electron chi connectivity index (χ4n) is 1.93. The zero-order chi connectivity index (χ0) is 15.3. The first-order valence-corrected chi connectivity index (χ1v) is 6.74. The van der Waals surface area contributed by atoms with Crippen molar-refractivity contribution in [1.29, 1.82) is 0 Å². The van der Waals surface area contributed by atoms with Gasteiger partial charge in [0.2, 0.25) is 5.91 Å². The largest absolute Gasteiger partial charge is 0.355 e. The summed E-state index contributed by atoms with van der Waals surface area (Å²) in [6.45, 7) is 5.89. The van der Waals surface area contributed by atoms with Crippen molar-refractivity contribution in [2.75, 3.05) is 12.4 Å². The predicted molar refractivity (Wildman–Crippen MR) is 80.6 cm³/mol. The monoisotopic (exact) mass is 277 g/mol. The van der Waals surface area contributed by atoms with Crippen molar-refractivity contribution in [3.8, 4) is 0 Å². The summed E-state index contributed by atoms with van der Waals surface area (Å²) in [6.07, 6.45) is 0.640. The molecular weight excluding hydrogens is 254 g/mol. The molecular formula is C15H23N3O2. The van der Waals surface area contributed by atoms with E-state index in [1.807, 2.05) is 20.8 Å². The van der Waals surface area contributed by atoms with E-state index in [0.29, 0.717) is 23.6 Å². The average Bonchev–Trinajstić information content (AvgIpc) is 2.39. The standard InChI is InChI=1S/C15H23N3O2/c1-9(2)7-12(16)15(20)18-13-6-5-11(8-10(13)3)14(19)17-4/h5-6,8-9,12H,7,16H2,1-4H3,(H,17,19)(H,18,20)/t12-/m0/s1. The van der Waals surface area contributed by atoms with Gasteiger partial charge in [-0.1, -0.05) is 13.8 Å². The summed E-state index contributed by atoms with van der Waals surface area (Å²) in [5.41, 5.74) is 7.92. The minimum atomic E-state index is -0.520. The van der Waals surface area contributed by atoms with Crippen molar-refractivity contribution in [2.45, 2.75) is 33.2 Å². The lowest BCUT2D eigenvalue weighted by atomic mass is 10.0. The first kappa shape index (κ1) is 16.2. The zero-order valence-corrected chi connectivity index (χ0v) is 12.5. The van der Waals surface area contributed by atoms with Crippen LogP contribution in [0.2, 0.25) is 0 Å². The van der Waals surface area contributed by atoms with E-state index < -0.39 is 6.04 Å². The summed E-state index contributed by atoms with van der Waals surface area (Å²) in [4.78, 5) is 23.5. The molecule has 5 heteroatoms. The van der Waals surface area contributed by atoms with Gasteiger partial charge in [0.15, 0.2) is 0 Å². The summed E-state index contributed by atoms with van der Waals surface area (Å²) in [5, 5.41) is 5.37. The molecule has 0 aromatic heterocycles. The van der Waals surface area contributed by atoms with Gasteiger partial charge in [0.1, 0.15) is 0 Å². The Kier molecular flexibility index (Phi) is 5.70. The van der Waals surface area contributed by atoms with E-state index >= 15 is 0 Å². The Balaban J connectivity index is 2.78. The first-order valence-electron chi connectivity index (χ1n) is 6.74. The number of aryl methyl sites for hydroxylation is 1. The van der Waals surface area contributed by atoms with E-state index in [4.69, 9.17) is 5.73 Å². The van der Waals surface area contributed by atoms with Crippen LogP contribution in [0.15, 0.2) is 18.2 Å². The highest BCUT2D eigenvalue weighted by Crippen LogP contribution is 2.17. The molecule has 2 amide bonds. The zero-order valence-electron chi connectivity index (χ0n) is 12.5. The number of hydrogen-bond donors (Lipinski definition) is 3. The van der Waals surface area contributed by atoms with Gasteiger partial charge in [-0.05, 0) is 43.0 Å². The Morgan fingerprint density at radius 2 is 1.95 bits per heavy atom. The van der Waals surface area contributed by atoms with Gasteiger partial charge in [0.05, 0.1) is 6.04 Å². The van der Waals surface area contributed by atoms with Crippen molar-refractivity contribution < 1.29 is 9.59 Å². The van der Waals surface area contributed by atoms with E-state index in [2.05, 4.69) is 10.6 Å². The molecule has 0 heterocycles. The van der Waals surface area contributed by atoms with E-state index in [0.717, 1.165) is 5.56 Å². The van der Waals surface area contributed by atoms with Gasteiger partial charge in [0.25, 0.3) is 5.91 Å². The maximum atomic E-state index is 12.0. The maximum absolute atomic E-state index is 12.0. The van der Waals surface area contributed by atoms with Gasteiger partial charge in [0, 0.05) is 18.3 Å². The van der Waals surface area contributed by atoms with Crippen LogP contribution in [-0.2, 0) is 4.79 Å². The molecule has 0 radical (unpaired) electrons. The van der Waals surface area contributed by atoms with Gasteiger partial charge in [-0.3, -0.25) is 9.59 Å². The van der Waals surface area contributed by atoms with Crippen LogP contribution in [-0.4, -0.2) is 24.9 Å². The molecule has 110 valence electrons. The predicted octanol–water partition coefficient (Wildman–Crippen LogP) is 1.67. The molecule has 0 aliphatic heterocycles. The molecule has 0 fully saturated rings. The van der Waals surface area contributed by atoms with Crippen molar-refractivity contribution in [3.63, 3.8) is 0 Å². The Morgan fingerprint density at radius 3 is 2.45 bits per heavy atom. The van der Waals surface area contributed by atoms with Crippen LogP contribution in [0, 0.1) is 12.8 Å². The number of benzene rings is 1. The van der Waals surface area contributed by atoms with E-state index in [9.17, 15) is 9.59 Å². The number of carbonyl (C=O) groups excluding carboxylic acids is 2. The van der Waals surface area contributed by atoms with Gasteiger partial charge in [-0.2, -0.15) is 0 Å². The first-order chi connectivity index (χ1) is 9.35. The van der Waals surface area contributed by atoms with Crippen LogP contribution in [0.5, 0.6) is 0 Å². The lowest BCUT2D eigenvalue weighted by Gasteiger charge is -2.15. The molecule has 5 nitrogen and oxygen atoms in total. The Hall–Kier alpha value is -1.88. The third kappa shape index (κ3) is 4.35. The molecule has 0 unspecified atom stereocenters. The van der Waals surface area contributed by atoms with Crippen molar-refractivity contribution >= 4 is 17.5 Å². The quantitative estimate of drug-likeness (QED) is 0.765. The van der Waals surface area contributed by atoms with Crippen molar-refractivity contribution in [3.05, 3.63) is 29.3 Å². The number of hydrogen-bond acceptors (Lipinski definition) is 3. The molecule has 1 atom stereocenters. The van der Waals surface area contributed by atoms with Crippen molar-refractivity contribution in [1.82, 2.24) is 5.32 Å². The fourth-order valence-corrected chi connectivity index (χ4v) is 1.93. The molecule has 0 spiro atoms. The number of amides is 2. The van der Waals surface area contributed by atoms with E-state index in [-0.39, 0.29) is 11.8 Å². The molecule has 1 aromatic rings. The molecule has 0 saturated heterocycles. The Labute approximate surface area is 119 Å². The Morgan fingerprint density at radius 1 is 1.30 bits per heavy atom. The SMILES string of the molecule is CNC(=O)c1ccc(NC(=O)[C@@H](N)CC(C)C)c(C)c1. The number of carbonyl (C=O) groups is 2. The summed E-state index contributed by atoms with van der Waals surface area (Å²) in [6, 6.07) is 4.62. The molecule has 1 rings (SSSR count). The molecule has 0 saturated carbocycles. The highest BCUT2D eigenvalue weighted by Gasteiger charge is 2.16. The minimum Gasteiger partial charge on any atom is -0.355 e. The second kappa shape index (κ2) is 7.05. The molecule has 1 aromatic carbocycles. The summed E-state index contributed by atoms with van der Waals surface area (Å²) in [7, 11) is 1.58. The molecule has 0 bridgehead atoms. The van der Waals surface area contributed by atoms with Crippen LogP contribution in [0.1, 0.15) is 36.2 Å². The fraction of sp³-hybridized carbons (Fsp3) is 0.467. The summed E-state index contributed by atoms with van der Waals surface area (Å²) < 4.78 is 0. The number of nitrogens with two attached hydrogens (primary N) is 1. The highest BCUT2D eigenvalue weighted by atomic mass is 16.2. The molecule has 20 heavy (non-hydrogen) atoms. The lowest BCUT2D eigenvalue weighted by Crippen LogP contribution is -2.36. The van der Waals surface area contributed by atoms with Crippen LogP contribution < -0.4 is 16.4 Å². The van der Waals surface area contributed by atoms with Gasteiger partial charge < -0.3 is 16.4 Å². The minimum absolute atomic E-state index is 0.150. The van der Waals surface area contributed by atoms with Crippen LogP contribution >= 0.6 is 0 Å². The lowest BCUT2D eigenvalue weighted by molar-refractivity contribution is -0.117. The Bertz CT molecular complexity index is 498. The normalized spacial score (nSPS) is 12.1. The van der Waals surface area contributed by atoms with Crippen LogP contribution in [0.4, 0.5) is 5.69 Å². The smallest absolute Gasteiger partial charge is 0.251 e. The molecule has 0 aliphatic rings. The second-order valence-electron chi connectivity index (χ2n) is 5.33. The highest BCUT2D eigenvalue weighted by molar-refractivity contribution is 5.97. The van der Waals surface area contributed by atoms with E-state index in [1.165, 1.54) is 0 Å². The maximum Gasteiger partial charge on any atom is 0.251 e. The third-order valence-electron chi connectivity index (χ3n) is 3.04. The molecule has 0 aliphatic carbocycles.